The molecule has 0 unspecified atom stereocenters. The van der Waals surface area contributed by atoms with Gasteiger partial charge in [0.2, 0.25) is 0 Å². The minimum atomic E-state index is 0.231. The molecule has 3 heteroatoms. The first-order valence-electron chi connectivity index (χ1n) is 7.17. The molecule has 1 aliphatic carbocycles. The van der Waals surface area contributed by atoms with Crippen molar-refractivity contribution >= 4 is 11.6 Å². The van der Waals surface area contributed by atoms with E-state index in [0.717, 1.165) is 23.6 Å². The van der Waals surface area contributed by atoms with E-state index in [9.17, 15) is 0 Å². The van der Waals surface area contributed by atoms with Gasteiger partial charge in [-0.15, -0.1) is 0 Å². The molecule has 1 aromatic carbocycles. The van der Waals surface area contributed by atoms with Crippen LogP contribution in [0.15, 0.2) is 53.1 Å². The number of aryl methyl sites for hydroxylation is 1. The van der Waals surface area contributed by atoms with Crippen molar-refractivity contribution in [1.82, 2.24) is 10.2 Å². The van der Waals surface area contributed by atoms with Gasteiger partial charge in [0.25, 0.3) is 0 Å². The molecule has 1 atom stereocenters. The van der Waals surface area contributed by atoms with Gasteiger partial charge in [0.15, 0.2) is 0 Å². The lowest BCUT2D eigenvalue weighted by Gasteiger charge is -2.22. The number of aromatic amines is 1. The summed E-state index contributed by atoms with van der Waals surface area (Å²) in [5.74, 6) is 1.23. The number of hydrogen-bond donors (Lipinski definition) is 1. The molecule has 0 amide bonds. The summed E-state index contributed by atoms with van der Waals surface area (Å²) in [5.41, 5.74) is 5.95. The number of fused-ring (bicyclic) bond motifs is 1. The SMILES string of the molecule is Cc1[nH]nc2c1[C@H](c1ccco1)CC(c1ccccc1)=C2. The molecule has 0 saturated carbocycles. The zero-order valence-corrected chi connectivity index (χ0v) is 11.8. The fourth-order valence-electron chi connectivity index (χ4n) is 3.14. The van der Waals surface area contributed by atoms with E-state index in [4.69, 9.17) is 4.42 Å². The van der Waals surface area contributed by atoms with E-state index < -0.39 is 0 Å². The van der Waals surface area contributed by atoms with Crippen LogP contribution in [0.2, 0.25) is 0 Å². The third kappa shape index (κ3) is 2.02. The molecule has 2 heterocycles. The van der Waals surface area contributed by atoms with Gasteiger partial charge in [-0.3, -0.25) is 5.10 Å². The smallest absolute Gasteiger partial charge is 0.111 e. The Morgan fingerprint density at radius 3 is 2.76 bits per heavy atom. The standard InChI is InChI=1S/C18H16N2O/c1-12-18-15(17-8-5-9-21-17)10-14(11-16(18)20-19-12)13-6-3-2-4-7-13/h2-9,11,15H,10H2,1H3,(H,19,20)/t15-/m0/s1. The third-order valence-electron chi connectivity index (χ3n) is 4.14. The fraction of sp³-hybridized carbons (Fsp3) is 0.167. The molecule has 0 radical (unpaired) electrons. The van der Waals surface area contributed by atoms with Crippen LogP contribution in [0.1, 0.15) is 40.6 Å². The molecule has 104 valence electrons. The highest BCUT2D eigenvalue weighted by molar-refractivity contribution is 5.84. The van der Waals surface area contributed by atoms with Crippen molar-refractivity contribution in [2.75, 3.05) is 0 Å². The second kappa shape index (κ2) is 4.77. The summed E-state index contributed by atoms with van der Waals surface area (Å²) in [6, 6.07) is 14.5. The highest BCUT2D eigenvalue weighted by Gasteiger charge is 2.29. The maximum atomic E-state index is 5.67. The van der Waals surface area contributed by atoms with Crippen LogP contribution >= 0.6 is 0 Å². The maximum Gasteiger partial charge on any atom is 0.111 e. The Labute approximate surface area is 123 Å². The summed E-state index contributed by atoms with van der Waals surface area (Å²) in [6.07, 6.45) is 4.86. The van der Waals surface area contributed by atoms with Gasteiger partial charge < -0.3 is 4.42 Å². The van der Waals surface area contributed by atoms with Crippen LogP contribution in [0.25, 0.3) is 11.6 Å². The number of allylic oxidation sites excluding steroid dienone is 1. The van der Waals surface area contributed by atoms with E-state index in [1.807, 2.05) is 12.1 Å². The van der Waals surface area contributed by atoms with Gasteiger partial charge in [-0.2, -0.15) is 5.10 Å². The predicted octanol–water partition coefficient (Wildman–Crippen LogP) is 4.39. The monoisotopic (exact) mass is 276 g/mol. The summed E-state index contributed by atoms with van der Waals surface area (Å²) in [5, 5.41) is 7.56. The van der Waals surface area contributed by atoms with Gasteiger partial charge >= 0.3 is 0 Å². The first-order chi connectivity index (χ1) is 10.3. The second-order valence-corrected chi connectivity index (χ2v) is 5.46. The summed E-state index contributed by atoms with van der Waals surface area (Å²) >= 11 is 0. The van der Waals surface area contributed by atoms with Crippen LogP contribution in [-0.4, -0.2) is 10.2 Å². The van der Waals surface area contributed by atoms with Crippen molar-refractivity contribution in [3.05, 3.63) is 77.0 Å². The Bertz CT molecular complexity index is 782. The molecule has 0 saturated heterocycles. The number of hydrogen-bond acceptors (Lipinski definition) is 2. The number of benzene rings is 1. The van der Waals surface area contributed by atoms with E-state index in [1.54, 1.807) is 6.26 Å². The van der Waals surface area contributed by atoms with Crippen molar-refractivity contribution in [3.8, 4) is 0 Å². The Balaban J connectivity index is 1.85. The van der Waals surface area contributed by atoms with Crippen molar-refractivity contribution < 1.29 is 4.42 Å². The Kier molecular flexibility index (Phi) is 2.78. The normalized spacial score (nSPS) is 17.4. The minimum absolute atomic E-state index is 0.231. The molecule has 0 spiro atoms. The Morgan fingerprint density at radius 2 is 2.00 bits per heavy atom. The predicted molar refractivity (Wildman–Crippen MR) is 82.8 cm³/mol. The topological polar surface area (TPSA) is 41.8 Å². The number of nitrogens with zero attached hydrogens (tertiary/aromatic N) is 1. The van der Waals surface area contributed by atoms with Gasteiger partial charge in [0, 0.05) is 11.3 Å². The molecule has 2 aromatic heterocycles. The lowest BCUT2D eigenvalue weighted by molar-refractivity contribution is 0.486. The summed E-state index contributed by atoms with van der Waals surface area (Å²) in [6.45, 7) is 2.07. The van der Waals surface area contributed by atoms with Crippen molar-refractivity contribution in [2.24, 2.45) is 0 Å². The first-order valence-corrected chi connectivity index (χ1v) is 7.17. The zero-order chi connectivity index (χ0) is 14.2. The molecule has 3 nitrogen and oxygen atoms in total. The van der Waals surface area contributed by atoms with Crippen LogP contribution in [0.4, 0.5) is 0 Å². The molecule has 3 aromatic rings. The van der Waals surface area contributed by atoms with Crippen molar-refractivity contribution in [2.45, 2.75) is 19.3 Å². The van der Waals surface area contributed by atoms with E-state index in [-0.39, 0.29) is 5.92 Å². The number of nitrogens with one attached hydrogen (secondary N) is 1. The quantitative estimate of drug-likeness (QED) is 0.754. The van der Waals surface area contributed by atoms with Gasteiger partial charge in [-0.25, -0.2) is 0 Å². The summed E-state index contributed by atoms with van der Waals surface area (Å²) < 4.78 is 5.67. The van der Waals surface area contributed by atoms with Crippen LogP contribution in [0.3, 0.4) is 0 Å². The average molecular weight is 276 g/mol. The third-order valence-corrected chi connectivity index (χ3v) is 4.14. The molecule has 0 aliphatic heterocycles. The molecule has 21 heavy (non-hydrogen) atoms. The van der Waals surface area contributed by atoms with Gasteiger partial charge in [-0.05, 0) is 42.7 Å². The van der Waals surface area contributed by atoms with Crippen molar-refractivity contribution in [1.29, 1.82) is 0 Å². The van der Waals surface area contributed by atoms with Crippen molar-refractivity contribution in [3.63, 3.8) is 0 Å². The molecule has 0 bridgehead atoms. The lowest BCUT2D eigenvalue weighted by Crippen LogP contribution is -2.08. The van der Waals surface area contributed by atoms with E-state index in [2.05, 4.69) is 53.5 Å². The Morgan fingerprint density at radius 1 is 1.14 bits per heavy atom. The largest absolute Gasteiger partial charge is 0.469 e. The maximum absolute atomic E-state index is 5.67. The first kappa shape index (κ1) is 12.2. The van der Waals surface area contributed by atoms with Crippen LogP contribution < -0.4 is 0 Å². The minimum Gasteiger partial charge on any atom is -0.469 e. The number of rotatable bonds is 2. The molecule has 4 rings (SSSR count). The van der Waals surface area contributed by atoms with Crippen LogP contribution in [0.5, 0.6) is 0 Å². The number of furan rings is 1. The highest BCUT2D eigenvalue weighted by Crippen LogP contribution is 2.42. The van der Waals surface area contributed by atoms with Crippen LogP contribution in [-0.2, 0) is 0 Å². The van der Waals surface area contributed by atoms with E-state index in [0.29, 0.717) is 0 Å². The molecule has 1 aliphatic rings. The average Bonchev–Trinajstić information content (AvgIpc) is 3.18. The molecular weight excluding hydrogens is 260 g/mol. The van der Waals surface area contributed by atoms with Gasteiger partial charge in [0.1, 0.15) is 5.76 Å². The van der Waals surface area contributed by atoms with Gasteiger partial charge in [-0.1, -0.05) is 30.3 Å². The Hall–Kier alpha value is -2.55. The van der Waals surface area contributed by atoms with Crippen LogP contribution in [0, 0.1) is 6.92 Å². The van der Waals surface area contributed by atoms with E-state index >= 15 is 0 Å². The summed E-state index contributed by atoms with van der Waals surface area (Å²) in [7, 11) is 0. The summed E-state index contributed by atoms with van der Waals surface area (Å²) in [4.78, 5) is 0. The molecule has 0 fully saturated rings. The highest BCUT2D eigenvalue weighted by atomic mass is 16.3. The zero-order valence-electron chi connectivity index (χ0n) is 11.8. The van der Waals surface area contributed by atoms with Gasteiger partial charge in [0.05, 0.1) is 17.9 Å². The molecular formula is C18H16N2O. The fourth-order valence-corrected chi connectivity index (χ4v) is 3.14. The lowest BCUT2D eigenvalue weighted by atomic mass is 9.81. The van der Waals surface area contributed by atoms with E-state index in [1.165, 1.54) is 16.7 Å². The number of aromatic nitrogens is 2. The second-order valence-electron chi connectivity index (χ2n) is 5.46. The molecule has 1 N–H and O–H groups in total. The number of H-pyrrole nitrogens is 1.